The van der Waals surface area contributed by atoms with Crippen LogP contribution in [0.2, 0.25) is 0 Å². The SMILES string of the molecule is CCC1(NS(=O)(=O)c2c(CNC3CC3)n[nH]c2C)CCC1. The van der Waals surface area contributed by atoms with Crippen molar-refractivity contribution in [3.63, 3.8) is 0 Å². The first-order valence-corrected chi connectivity index (χ1v) is 9.25. The molecule has 0 atom stereocenters. The van der Waals surface area contributed by atoms with E-state index >= 15 is 0 Å². The van der Waals surface area contributed by atoms with Crippen LogP contribution in [0.4, 0.5) is 0 Å². The number of aromatic nitrogens is 2. The molecule has 2 saturated carbocycles. The van der Waals surface area contributed by atoms with Gasteiger partial charge in [-0.1, -0.05) is 6.92 Å². The number of H-pyrrole nitrogens is 1. The van der Waals surface area contributed by atoms with E-state index < -0.39 is 10.0 Å². The van der Waals surface area contributed by atoms with E-state index in [1.807, 2.05) is 6.92 Å². The summed E-state index contributed by atoms with van der Waals surface area (Å²) < 4.78 is 28.5. The zero-order valence-electron chi connectivity index (χ0n) is 12.7. The number of nitrogens with zero attached hydrogens (tertiary/aromatic N) is 1. The predicted molar refractivity (Wildman–Crippen MR) is 80.4 cm³/mol. The maximum absolute atomic E-state index is 12.8. The summed E-state index contributed by atoms with van der Waals surface area (Å²) in [5, 5.41) is 10.3. The van der Waals surface area contributed by atoms with Crippen LogP contribution >= 0.6 is 0 Å². The van der Waals surface area contributed by atoms with Crippen molar-refractivity contribution >= 4 is 10.0 Å². The zero-order valence-corrected chi connectivity index (χ0v) is 13.5. The molecule has 0 bridgehead atoms. The summed E-state index contributed by atoms with van der Waals surface area (Å²) in [6.45, 7) is 4.31. The van der Waals surface area contributed by atoms with Gasteiger partial charge >= 0.3 is 0 Å². The fraction of sp³-hybridized carbons (Fsp3) is 0.786. The first-order valence-electron chi connectivity index (χ1n) is 7.77. The largest absolute Gasteiger partial charge is 0.308 e. The number of aromatic amines is 1. The Bertz CT molecular complexity index is 609. The van der Waals surface area contributed by atoms with Crippen LogP contribution in [0.1, 0.15) is 56.8 Å². The average molecular weight is 312 g/mol. The average Bonchev–Trinajstić information content (AvgIpc) is 3.14. The summed E-state index contributed by atoms with van der Waals surface area (Å²) in [6, 6.07) is 0.527. The van der Waals surface area contributed by atoms with Crippen molar-refractivity contribution in [1.82, 2.24) is 20.2 Å². The summed E-state index contributed by atoms with van der Waals surface area (Å²) in [6.07, 6.45) is 6.12. The smallest absolute Gasteiger partial charge is 0.244 e. The van der Waals surface area contributed by atoms with E-state index in [1.54, 1.807) is 6.92 Å². The summed E-state index contributed by atoms with van der Waals surface area (Å²) in [7, 11) is -3.52. The summed E-state index contributed by atoms with van der Waals surface area (Å²) in [4.78, 5) is 0.329. The lowest BCUT2D eigenvalue weighted by Crippen LogP contribution is -2.53. The van der Waals surface area contributed by atoms with Gasteiger partial charge in [-0.15, -0.1) is 0 Å². The van der Waals surface area contributed by atoms with E-state index in [2.05, 4.69) is 20.2 Å². The molecule has 2 aliphatic carbocycles. The molecule has 0 aliphatic heterocycles. The molecule has 2 fully saturated rings. The Balaban J connectivity index is 1.81. The Morgan fingerprint density at radius 2 is 2.10 bits per heavy atom. The van der Waals surface area contributed by atoms with Crippen molar-refractivity contribution in [1.29, 1.82) is 0 Å². The quantitative estimate of drug-likeness (QED) is 0.713. The lowest BCUT2D eigenvalue weighted by atomic mass is 9.76. The third kappa shape index (κ3) is 3.00. The number of sulfonamides is 1. The maximum atomic E-state index is 12.8. The Hall–Kier alpha value is -0.920. The van der Waals surface area contributed by atoms with Crippen molar-refractivity contribution < 1.29 is 8.42 Å². The van der Waals surface area contributed by atoms with Crippen molar-refractivity contribution in [2.75, 3.05) is 0 Å². The van der Waals surface area contributed by atoms with E-state index in [0.29, 0.717) is 28.9 Å². The van der Waals surface area contributed by atoms with E-state index in [1.165, 1.54) is 12.8 Å². The third-order valence-electron chi connectivity index (χ3n) is 4.70. The second-order valence-corrected chi connectivity index (χ2v) is 7.99. The van der Waals surface area contributed by atoms with Crippen LogP contribution < -0.4 is 10.0 Å². The number of aryl methyl sites for hydroxylation is 1. The molecular formula is C14H24N4O2S. The molecule has 7 heteroatoms. The first-order chi connectivity index (χ1) is 9.96. The molecule has 0 unspecified atom stereocenters. The highest BCUT2D eigenvalue weighted by Gasteiger charge is 2.40. The highest BCUT2D eigenvalue weighted by Crippen LogP contribution is 2.36. The molecule has 2 aliphatic rings. The Morgan fingerprint density at radius 3 is 2.62 bits per heavy atom. The molecular weight excluding hydrogens is 288 g/mol. The second kappa shape index (κ2) is 5.37. The van der Waals surface area contributed by atoms with Crippen LogP contribution in [0.15, 0.2) is 4.90 Å². The number of rotatable bonds is 7. The molecule has 118 valence electrons. The van der Waals surface area contributed by atoms with Gasteiger partial charge in [0.2, 0.25) is 10.0 Å². The third-order valence-corrected chi connectivity index (χ3v) is 6.48. The molecule has 0 aromatic carbocycles. The van der Waals surface area contributed by atoms with Gasteiger partial charge < -0.3 is 5.32 Å². The number of nitrogens with one attached hydrogen (secondary N) is 3. The van der Waals surface area contributed by atoms with E-state index in [9.17, 15) is 8.42 Å². The van der Waals surface area contributed by atoms with Gasteiger partial charge in [-0.25, -0.2) is 13.1 Å². The van der Waals surface area contributed by atoms with E-state index in [4.69, 9.17) is 0 Å². The van der Waals surface area contributed by atoms with Crippen LogP contribution in [0, 0.1) is 6.92 Å². The monoisotopic (exact) mass is 312 g/mol. The van der Waals surface area contributed by atoms with Gasteiger partial charge in [0.15, 0.2) is 0 Å². The van der Waals surface area contributed by atoms with Crippen LogP contribution in [0.5, 0.6) is 0 Å². The lowest BCUT2D eigenvalue weighted by Gasteiger charge is -2.41. The number of hydrogen-bond acceptors (Lipinski definition) is 4. The molecule has 3 N–H and O–H groups in total. The van der Waals surface area contributed by atoms with Gasteiger partial charge in [0, 0.05) is 18.1 Å². The fourth-order valence-electron chi connectivity index (χ4n) is 2.94. The Morgan fingerprint density at radius 1 is 1.38 bits per heavy atom. The van der Waals surface area contributed by atoms with Crippen molar-refractivity contribution in [2.24, 2.45) is 0 Å². The topological polar surface area (TPSA) is 86.9 Å². The normalized spacial score (nSPS) is 21.2. The van der Waals surface area contributed by atoms with Crippen LogP contribution in [-0.2, 0) is 16.6 Å². The molecule has 6 nitrogen and oxygen atoms in total. The summed E-state index contributed by atoms with van der Waals surface area (Å²) >= 11 is 0. The van der Waals surface area contributed by atoms with Gasteiger partial charge in [-0.2, -0.15) is 5.10 Å². The van der Waals surface area contributed by atoms with Gasteiger partial charge in [0.05, 0.1) is 11.4 Å². The van der Waals surface area contributed by atoms with Gasteiger partial charge in [0.25, 0.3) is 0 Å². The fourth-order valence-corrected chi connectivity index (χ4v) is 4.84. The highest BCUT2D eigenvalue weighted by molar-refractivity contribution is 7.89. The van der Waals surface area contributed by atoms with Crippen LogP contribution in [0.25, 0.3) is 0 Å². The molecule has 1 aromatic heterocycles. The molecule has 0 spiro atoms. The molecule has 0 amide bonds. The van der Waals surface area contributed by atoms with Crippen molar-refractivity contribution in [3.05, 3.63) is 11.4 Å². The molecule has 1 aromatic rings. The highest BCUT2D eigenvalue weighted by atomic mass is 32.2. The van der Waals surface area contributed by atoms with Crippen molar-refractivity contribution in [2.45, 2.75) is 75.4 Å². The standard InChI is InChI=1S/C14H24N4O2S/c1-3-14(7-4-8-14)18-21(19,20)13-10(2)16-17-12(13)9-15-11-5-6-11/h11,15,18H,3-9H2,1-2H3,(H,16,17). The first kappa shape index (κ1) is 15.0. The summed E-state index contributed by atoms with van der Waals surface area (Å²) in [5.41, 5.74) is 0.960. The second-order valence-electron chi connectivity index (χ2n) is 6.37. The van der Waals surface area contributed by atoms with Crippen LogP contribution in [0.3, 0.4) is 0 Å². The van der Waals surface area contributed by atoms with E-state index in [-0.39, 0.29) is 5.54 Å². The molecule has 1 heterocycles. The molecule has 0 saturated heterocycles. The van der Waals surface area contributed by atoms with E-state index in [0.717, 1.165) is 25.7 Å². The molecule has 3 rings (SSSR count). The maximum Gasteiger partial charge on any atom is 0.244 e. The minimum absolute atomic E-state index is 0.246. The number of hydrogen-bond donors (Lipinski definition) is 3. The summed E-state index contributed by atoms with van der Waals surface area (Å²) in [5.74, 6) is 0. The van der Waals surface area contributed by atoms with Crippen LogP contribution in [-0.4, -0.2) is 30.2 Å². The van der Waals surface area contributed by atoms with Gasteiger partial charge in [-0.05, 0) is 45.4 Å². The van der Waals surface area contributed by atoms with Gasteiger partial charge in [-0.3, -0.25) is 5.10 Å². The minimum Gasteiger partial charge on any atom is -0.308 e. The lowest BCUT2D eigenvalue weighted by molar-refractivity contribution is 0.213. The molecule has 21 heavy (non-hydrogen) atoms. The van der Waals surface area contributed by atoms with Crippen molar-refractivity contribution in [3.8, 4) is 0 Å². The minimum atomic E-state index is -3.52. The predicted octanol–water partition coefficient (Wildman–Crippen LogP) is 1.58. The van der Waals surface area contributed by atoms with Gasteiger partial charge in [0.1, 0.15) is 4.90 Å². The zero-order chi connectivity index (χ0) is 15.1. The Labute approximate surface area is 126 Å². The Kier molecular flexibility index (Phi) is 3.83. The molecule has 0 radical (unpaired) electrons.